The quantitative estimate of drug-likeness (QED) is 0.818. The highest BCUT2D eigenvalue weighted by molar-refractivity contribution is 5.29. The normalized spacial score (nSPS) is 32.1. The first-order valence-corrected chi connectivity index (χ1v) is 6.37. The summed E-state index contributed by atoms with van der Waals surface area (Å²) < 4.78 is 0. The molecule has 1 aromatic rings. The van der Waals surface area contributed by atoms with Crippen molar-refractivity contribution >= 4 is 0 Å². The van der Waals surface area contributed by atoms with Gasteiger partial charge in [-0.15, -0.1) is 0 Å². The van der Waals surface area contributed by atoms with Crippen molar-refractivity contribution in [3.63, 3.8) is 0 Å². The Labute approximate surface area is 99.3 Å². The van der Waals surface area contributed by atoms with Crippen molar-refractivity contribution in [2.24, 2.45) is 11.3 Å². The van der Waals surface area contributed by atoms with Crippen LogP contribution in [0.4, 0.5) is 0 Å². The lowest BCUT2D eigenvalue weighted by Gasteiger charge is -2.58. The molecule has 1 aliphatic rings. The molecule has 1 aromatic carbocycles. The fourth-order valence-corrected chi connectivity index (χ4v) is 3.68. The minimum Gasteiger partial charge on any atom is -0.313 e. The second kappa shape index (κ2) is 4.21. The Morgan fingerprint density at radius 3 is 2.31 bits per heavy atom. The predicted molar refractivity (Wildman–Crippen MR) is 69.6 cm³/mol. The molecule has 1 N–H and O–H groups in total. The van der Waals surface area contributed by atoms with Gasteiger partial charge in [0.15, 0.2) is 0 Å². The van der Waals surface area contributed by atoms with E-state index in [9.17, 15) is 0 Å². The Morgan fingerprint density at radius 1 is 1.19 bits per heavy atom. The molecule has 16 heavy (non-hydrogen) atoms. The summed E-state index contributed by atoms with van der Waals surface area (Å²) in [4.78, 5) is 0. The minimum absolute atomic E-state index is 0.372. The van der Waals surface area contributed by atoms with Crippen molar-refractivity contribution in [3.05, 3.63) is 35.9 Å². The molecule has 1 fully saturated rings. The van der Waals surface area contributed by atoms with Gasteiger partial charge in [0.05, 0.1) is 0 Å². The fraction of sp³-hybridized carbons (Fsp3) is 0.600. The van der Waals surface area contributed by atoms with Crippen LogP contribution in [0.5, 0.6) is 0 Å². The second-order valence-corrected chi connectivity index (χ2v) is 5.60. The third-order valence-electron chi connectivity index (χ3n) is 4.24. The summed E-state index contributed by atoms with van der Waals surface area (Å²) in [6.45, 7) is 10.4. The van der Waals surface area contributed by atoms with Crippen LogP contribution in [0.15, 0.2) is 30.3 Å². The van der Waals surface area contributed by atoms with Crippen LogP contribution >= 0.6 is 0 Å². The van der Waals surface area contributed by atoms with E-state index in [1.165, 1.54) is 5.56 Å². The van der Waals surface area contributed by atoms with Crippen LogP contribution < -0.4 is 5.32 Å². The van der Waals surface area contributed by atoms with Gasteiger partial charge >= 0.3 is 0 Å². The Bertz CT molecular complexity index is 342. The van der Waals surface area contributed by atoms with Crippen molar-refractivity contribution in [2.45, 2.75) is 39.7 Å². The molecule has 88 valence electrons. The van der Waals surface area contributed by atoms with E-state index in [1.807, 2.05) is 0 Å². The average Bonchev–Trinajstić information content (AvgIpc) is 2.27. The van der Waals surface area contributed by atoms with Crippen LogP contribution in [0.3, 0.4) is 0 Å². The van der Waals surface area contributed by atoms with Crippen LogP contribution in [0.25, 0.3) is 0 Å². The molecule has 0 bridgehead atoms. The zero-order valence-corrected chi connectivity index (χ0v) is 10.8. The summed E-state index contributed by atoms with van der Waals surface area (Å²) in [5.74, 6) is 1.43. The van der Waals surface area contributed by atoms with Crippen LogP contribution in [0.1, 0.15) is 39.2 Å². The molecule has 0 spiro atoms. The first-order chi connectivity index (χ1) is 7.59. The Balaban J connectivity index is 2.20. The molecule has 1 heteroatoms. The monoisotopic (exact) mass is 217 g/mol. The first kappa shape index (κ1) is 11.7. The molecule has 1 saturated carbocycles. The van der Waals surface area contributed by atoms with Crippen LogP contribution in [-0.2, 0) is 0 Å². The topological polar surface area (TPSA) is 12.0 Å². The molecule has 0 radical (unpaired) electrons. The molecule has 3 unspecified atom stereocenters. The Kier molecular flexibility index (Phi) is 3.07. The van der Waals surface area contributed by atoms with Crippen molar-refractivity contribution < 1.29 is 0 Å². The summed E-state index contributed by atoms with van der Waals surface area (Å²) in [6, 6.07) is 11.6. The highest BCUT2D eigenvalue weighted by atomic mass is 15.0. The maximum absolute atomic E-state index is 3.62. The van der Waals surface area contributed by atoms with Gasteiger partial charge in [-0.25, -0.2) is 0 Å². The van der Waals surface area contributed by atoms with Gasteiger partial charge in [0.25, 0.3) is 0 Å². The zero-order chi connectivity index (χ0) is 11.8. The predicted octanol–water partition coefficient (Wildman–Crippen LogP) is 3.42. The largest absolute Gasteiger partial charge is 0.313 e. The Hall–Kier alpha value is -0.820. The lowest BCUT2D eigenvalue weighted by Crippen LogP contribution is -2.61. The molecule has 1 aliphatic carbocycles. The summed E-state index contributed by atoms with van der Waals surface area (Å²) in [5.41, 5.74) is 1.87. The van der Waals surface area contributed by atoms with Gasteiger partial charge in [0, 0.05) is 6.04 Å². The number of benzene rings is 1. The molecule has 0 heterocycles. The molecule has 0 aliphatic heterocycles. The van der Waals surface area contributed by atoms with Gasteiger partial charge in [0.1, 0.15) is 0 Å². The van der Waals surface area contributed by atoms with Gasteiger partial charge < -0.3 is 5.32 Å². The number of rotatable bonds is 3. The molecular weight excluding hydrogens is 194 g/mol. The average molecular weight is 217 g/mol. The van der Waals surface area contributed by atoms with Crippen LogP contribution in [-0.4, -0.2) is 12.6 Å². The third-order valence-corrected chi connectivity index (χ3v) is 4.24. The molecule has 0 saturated heterocycles. The maximum Gasteiger partial charge on any atom is 0.0156 e. The summed E-state index contributed by atoms with van der Waals surface area (Å²) in [6.07, 6.45) is 0. The van der Waals surface area contributed by atoms with Gasteiger partial charge in [-0.05, 0) is 29.4 Å². The first-order valence-electron chi connectivity index (χ1n) is 6.37. The van der Waals surface area contributed by atoms with Crippen LogP contribution in [0, 0.1) is 11.3 Å². The number of hydrogen-bond donors (Lipinski definition) is 1. The molecular formula is C15H23N. The van der Waals surface area contributed by atoms with Gasteiger partial charge in [-0.3, -0.25) is 0 Å². The molecule has 0 amide bonds. The maximum atomic E-state index is 3.62. The lowest BCUT2D eigenvalue weighted by molar-refractivity contribution is 0.00144. The summed E-state index contributed by atoms with van der Waals surface area (Å²) >= 11 is 0. The number of nitrogens with one attached hydrogen (secondary N) is 1. The van der Waals surface area contributed by atoms with E-state index in [1.54, 1.807) is 0 Å². The standard InChI is InChI=1S/C15H23N/c1-5-16-14-11(2)13(15(14,3)4)12-9-7-6-8-10-12/h6-11,13-14,16H,5H2,1-4H3. The summed E-state index contributed by atoms with van der Waals surface area (Å²) in [7, 11) is 0. The number of hydrogen-bond acceptors (Lipinski definition) is 1. The van der Waals surface area contributed by atoms with E-state index in [-0.39, 0.29) is 0 Å². The lowest BCUT2D eigenvalue weighted by atomic mass is 9.50. The third kappa shape index (κ3) is 1.67. The highest BCUT2D eigenvalue weighted by Crippen LogP contribution is 2.56. The van der Waals surface area contributed by atoms with Crippen molar-refractivity contribution in [1.29, 1.82) is 0 Å². The van der Waals surface area contributed by atoms with Crippen molar-refractivity contribution in [1.82, 2.24) is 5.32 Å². The molecule has 2 rings (SSSR count). The van der Waals surface area contributed by atoms with E-state index < -0.39 is 0 Å². The minimum atomic E-state index is 0.372. The van der Waals surface area contributed by atoms with E-state index in [2.05, 4.69) is 63.3 Å². The SMILES string of the molecule is CCNC1C(C)C(c2ccccc2)C1(C)C. The van der Waals surface area contributed by atoms with Gasteiger partial charge in [-0.2, -0.15) is 0 Å². The van der Waals surface area contributed by atoms with E-state index in [0.29, 0.717) is 17.4 Å². The van der Waals surface area contributed by atoms with Crippen molar-refractivity contribution in [3.8, 4) is 0 Å². The van der Waals surface area contributed by atoms with E-state index in [0.717, 1.165) is 12.5 Å². The highest BCUT2D eigenvalue weighted by Gasteiger charge is 2.53. The van der Waals surface area contributed by atoms with Crippen LogP contribution in [0.2, 0.25) is 0 Å². The molecule has 1 nitrogen and oxygen atoms in total. The molecule has 0 aromatic heterocycles. The zero-order valence-electron chi connectivity index (χ0n) is 10.8. The second-order valence-electron chi connectivity index (χ2n) is 5.60. The van der Waals surface area contributed by atoms with Gasteiger partial charge in [0.2, 0.25) is 0 Å². The van der Waals surface area contributed by atoms with Gasteiger partial charge in [-0.1, -0.05) is 58.0 Å². The van der Waals surface area contributed by atoms with Crippen molar-refractivity contribution in [2.75, 3.05) is 6.54 Å². The summed E-state index contributed by atoms with van der Waals surface area (Å²) in [5, 5.41) is 3.62. The molecule has 3 atom stereocenters. The van der Waals surface area contributed by atoms with E-state index in [4.69, 9.17) is 0 Å². The Morgan fingerprint density at radius 2 is 1.81 bits per heavy atom. The fourth-order valence-electron chi connectivity index (χ4n) is 3.68. The van der Waals surface area contributed by atoms with E-state index >= 15 is 0 Å². The smallest absolute Gasteiger partial charge is 0.0156 e.